The van der Waals surface area contributed by atoms with Crippen LogP contribution in [0.1, 0.15) is 51.0 Å². The number of hydrogen-bond donors (Lipinski definition) is 0. The van der Waals surface area contributed by atoms with Crippen LogP contribution < -0.4 is 0 Å². The SMILES string of the molecule is CC(=O)N1C[C@H]2CN(C(=O)C3(c4ccccc4)CCCC3)C[C@@]2(C(=O)N2CCCC2)C1. The zero-order valence-electron chi connectivity index (χ0n) is 18.5. The number of carbonyl (C=O) groups excluding carboxylic acids is 3. The molecule has 3 amide bonds. The second-order valence-electron chi connectivity index (χ2n) is 10.1. The molecule has 3 heterocycles. The van der Waals surface area contributed by atoms with Gasteiger partial charge < -0.3 is 14.7 Å². The van der Waals surface area contributed by atoms with E-state index in [2.05, 4.69) is 12.1 Å². The highest BCUT2D eigenvalue weighted by atomic mass is 16.2. The molecule has 0 unspecified atom stereocenters. The van der Waals surface area contributed by atoms with Gasteiger partial charge in [0.15, 0.2) is 0 Å². The summed E-state index contributed by atoms with van der Waals surface area (Å²) in [7, 11) is 0. The first-order valence-corrected chi connectivity index (χ1v) is 11.9. The molecule has 1 aliphatic carbocycles. The molecule has 5 rings (SSSR count). The maximum absolute atomic E-state index is 14.0. The Labute approximate surface area is 184 Å². The van der Waals surface area contributed by atoms with E-state index < -0.39 is 10.8 Å². The molecule has 0 aromatic heterocycles. The minimum atomic E-state index is -0.637. The summed E-state index contributed by atoms with van der Waals surface area (Å²) in [6.07, 6.45) is 5.97. The summed E-state index contributed by atoms with van der Waals surface area (Å²) in [4.78, 5) is 45.7. The summed E-state index contributed by atoms with van der Waals surface area (Å²) >= 11 is 0. The summed E-state index contributed by atoms with van der Waals surface area (Å²) in [6, 6.07) is 10.2. The maximum atomic E-state index is 14.0. The standard InChI is InChI=1S/C25H33N3O3/c1-19(29)27-15-21-16-28(18-25(21,17-27)23(31)26-13-7-8-14-26)22(30)24(11-5-6-12-24)20-9-3-2-4-10-20/h2-4,9-10,21H,5-8,11-18H2,1H3/t21-,25-/m0/s1. The second-order valence-corrected chi connectivity index (χ2v) is 10.1. The van der Waals surface area contributed by atoms with Crippen LogP contribution in [0, 0.1) is 11.3 Å². The monoisotopic (exact) mass is 423 g/mol. The lowest BCUT2D eigenvalue weighted by Crippen LogP contribution is -2.51. The fourth-order valence-corrected chi connectivity index (χ4v) is 6.66. The van der Waals surface area contributed by atoms with E-state index in [1.54, 1.807) is 6.92 Å². The van der Waals surface area contributed by atoms with E-state index in [0.717, 1.165) is 57.2 Å². The van der Waals surface area contributed by atoms with Crippen LogP contribution in [0.4, 0.5) is 0 Å². The third kappa shape index (κ3) is 3.17. The number of amides is 3. The van der Waals surface area contributed by atoms with Gasteiger partial charge in [0.05, 0.1) is 10.8 Å². The van der Waals surface area contributed by atoms with Gasteiger partial charge in [0.25, 0.3) is 0 Å². The second kappa shape index (κ2) is 7.64. The molecule has 0 N–H and O–H groups in total. The van der Waals surface area contributed by atoms with Crippen molar-refractivity contribution >= 4 is 17.7 Å². The highest BCUT2D eigenvalue weighted by Gasteiger charge is 2.61. The molecule has 1 aromatic rings. The number of likely N-dealkylation sites (tertiary alicyclic amines) is 3. The molecule has 4 aliphatic rings. The quantitative estimate of drug-likeness (QED) is 0.750. The topological polar surface area (TPSA) is 60.9 Å². The van der Waals surface area contributed by atoms with Crippen molar-refractivity contribution in [1.29, 1.82) is 0 Å². The van der Waals surface area contributed by atoms with Gasteiger partial charge in [-0.2, -0.15) is 0 Å². The van der Waals surface area contributed by atoms with Crippen LogP contribution in [0.2, 0.25) is 0 Å². The minimum absolute atomic E-state index is 0.0254. The molecule has 1 aromatic carbocycles. The summed E-state index contributed by atoms with van der Waals surface area (Å²) in [5.74, 6) is 0.405. The van der Waals surface area contributed by atoms with Crippen molar-refractivity contribution in [3.8, 4) is 0 Å². The Balaban J connectivity index is 1.45. The highest BCUT2D eigenvalue weighted by Crippen LogP contribution is 2.48. The molecule has 0 bridgehead atoms. The first-order chi connectivity index (χ1) is 15.0. The largest absolute Gasteiger partial charge is 0.342 e. The average molecular weight is 424 g/mol. The number of benzene rings is 1. The van der Waals surface area contributed by atoms with Crippen molar-refractivity contribution in [1.82, 2.24) is 14.7 Å². The van der Waals surface area contributed by atoms with E-state index in [1.165, 1.54) is 0 Å². The van der Waals surface area contributed by atoms with Gasteiger partial charge in [0.2, 0.25) is 17.7 Å². The molecule has 1 saturated carbocycles. The van der Waals surface area contributed by atoms with Crippen molar-refractivity contribution in [2.24, 2.45) is 11.3 Å². The van der Waals surface area contributed by atoms with Crippen LogP contribution in [0.15, 0.2) is 30.3 Å². The first kappa shape index (κ1) is 20.5. The lowest BCUT2D eigenvalue weighted by Gasteiger charge is -2.35. The van der Waals surface area contributed by atoms with Crippen molar-refractivity contribution in [3.63, 3.8) is 0 Å². The molecular weight excluding hydrogens is 390 g/mol. The molecule has 166 valence electrons. The summed E-state index contributed by atoms with van der Waals surface area (Å²) in [5, 5.41) is 0. The van der Waals surface area contributed by atoms with Crippen LogP contribution in [0.3, 0.4) is 0 Å². The number of nitrogens with zero attached hydrogens (tertiary/aromatic N) is 3. The summed E-state index contributed by atoms with van der Waals surface area (Å²) < 4.78 is 0. The third-order valence-electron chi connectivity index (χ3n) is 8.35. The zero-order chi connectivity index (χ0) is 21.6. The van der Waals surface area contributed by atoms with Gasteiger partial charge in [0, 0.05) is 52.1 Å². The van der Waals surface area contributed by atoms with Crippen LogP contribution in [0.25, 0.3) is 0 Å². The lowest BCUT2D eigenvalue weighted by atomic mass is 9.77. The Morgan fingerprint density at radius 3 is 2.06 bits per heavy atom. The van der Waals surface area contributed by atoms with E-state index in [1.807, 2.05) is 32.9 Å². The maximum Gasteiger partial charge on any atom is 0.233 e. The Kier molecular flexibility index (Phi) is 5.06. The number of rotatable bonds is 3. The molecule has 2 atom stereocenters. The Hall–Kier alpha value is -2.37. The van der Waals surface area contributed by atoms with Gasteiger partial charge in [-0.05, 0) is 31.2 Å². The fraction of sp³-hybridized carbons (Fsp3) is 0.640. The van der Waals surface area contributed by atoms with Crippen molar-refractivity contribution < 1.29 is 14.4 Å². The van der Waals surface area contributed by atoms with E-state index in [0.29, 0.717) is 26.2 Å². The van der Waals surface area contributed by atoms with Crippen LogP contribution in [-0.2, 0) is 19.8 Å². The van der Waals surface area contributed by atoms with E-state index in [-0.39, 0.29) is 23.6 Å². The van der Waals surface area contributed by atoms with E-state index in [4.69, 9.17) is 0 Å². The number of fused-ring (bicyclic) bond motifs is 1. The molecule has 3 aliphatic heterocycles. The molecule has 0 spiro atoms. The van der Waals surface area contributed by atoms with Gasteiger partial charge in [-0.15, -0.1) is 0 Å². The number of carbonyl (C=O) groups is 3. The van der Waals surface area contributed by atoms with E-state index >= 15 is 0 Å². The van der Waals surface area contributed by atoms with Gasteiger partial charge in [-0.25, -0.2) is 0 Å². The summed E-state index contributed by atoms with van der Waals surface area (Å²) in [5.41, 5.74) is 0.0139. The Bertz CT molecular complexity index is 873. The lowest BCUT2D eigenvalue weighted by molar-refractivity contribution is -0.143. The molecular formula is C25H33N3O3. The zero-order valence-corrected chi connectivity index (χ0v) is 18.5. The molecule has 6 heteroatoms. The molecule has 31 heavy (non-hydrogen) atoms. The molecule has 6 nitrogen and oxygen atoms in total. The van der Waals surface area contributed by atoms with Crippen LogP contribution in [-0.4, -0.2) is 71.7 Å². The minimum Gasteiger partial charge on any atom is -0.342 e. The van der Waals surface area contributed by atoms with Crippen LogP contribution >= 0.6 is 0 Å². The highest BCUT2D eigenvalue weighted by molar-refractivity contribution is 5.92. The predicted molar refractivity (Wildman–Crippen MR) is 117 cm³/mol. The van der Waals surface area contributed by atoms with E-state index in [9.17, 15) is 14.4 Å². The van der Waals surface area contributed by atoms with Crippen molar-refractivity contribution in [3.05, 3.63) is 35.9 Å². The summed E-state index contributed by atoms with van der Waals surface area (Å²) in [6.45, 7) is 5.24. The molecule has 4 fully saturated rings. The third-order valence-corrected chi connectivity index (χ3v) is 8.35. The Morgan fingerprint density at radius 1 is 0.806 bits per heavy atom. The first-order valence-electron chi connectivity index (χ1n) is 11.9. The fourth-order valence-electron chi connectivity index (χ4n) is 6.66. The molecule has 3 saturated heterocycles. The van der Waals surface area contributed by atoms with Gasteiger partial charge >= 0.3 is 0 Å². The van der Waals surface area contributed by atoms with Gasteiger partial charge in [0.1, 0.15) is 0 Å². The van der Waals surface area contributed by atoms with Gasteiger partial charge in [-0.1, -0.05) is 43.2 Å². The van der Waals surface area contributed by atoms with Gasteiger partial charge in [-0.3, -0.25) is 14.4 Å². The van der Waals surface area contributed by atoms with Crippen LogP contribution in [0.5, 0.6) is 0 Å². The average Bonchev–Trinajstić information content (AvgIpc) is 3.56. The normalized spacial score (nSPS) is 29.5. The molecule has 0 radical (unpaired) electrons. The number of hydrogen-bond acceptors (Lipinski definition) is 3. The smallest absolute Gasteiger partial charge is 0.233 e. The van der Waals surface area contributed by atoms with Crippen molar-refractivity contribution in [2.45, 2.75) is 50.9 Å². The van der Waals surface area contributed by atoms with Crippen molar-refractivity contribution in [2.75, 3.05) is 39.3 Å². The Morgan fingerprint density at radius 2 is 1.42 bits per heavy atom. The predicted octanol–water partition coefficient (Wildman–Crippen LogP) is 2.43.